The van der Waals surface area contributed by atoms with Crippen molar-refractivity contribution < 1.29 is 18.7 Å². The van der Waals surface area contributed by atoms with Gasteiger partial charge in [0.15, 0.2) is 12.7 Å². The van der Waals surface area contributed by atoms with E-state index in [4.69, 9.17) is 0 Å². The highest BCUT2D eigenvalue weighted by Crippen LogP contribution is 2.56. The van der Waals surface area contributed by atoms with Gasteiger partial charge in [0.2, 0.25) is 0 Å². The van der Waals surface area contributed by atoms with Crippen LogP contribution in [-0.2, 0) is 9.13 Å². The van der Waals surface area contributed by atoms with E-state index in [-0.39, 0.29) is 12.1 Å². The molecule has 0 spiro atoms. The lowest BCUT2D eigenvalue weighted by molar-refractivity contribution is 0.233. The molecule has 0 aliphatic heterocycles. The zero-order chi connectivity index (χ0) is 20.4. The van der Waals surface area contributed by atoms with Crippen molar-refractivity contribution in [3.63, 3.8) is 0 Å². The Balaban J connectivity index is 4.35. The lowest BCUT2D eigenvalue weighted by Gasteiger charge is -2.23. The maximum atomic E-state index is 12.3. The summed E-state index contributed by atoms with van der Waals surface area (Å²) in [5.74, 6) is 0. The number of hydrogen-bond acceptors (Lipinski definition) is 6. The van der Waals surface area contributed by atoms with Crippen molar-refractivity contribution in [2.24, 2.45) is 0 Å². The van der Waals surface area contributed by atoms with Gasteiger partial charge in [0.1, 0.15) is 0 Å². The lowest BCUT2D eigenvalue weighted by Crippen LogP contribution is -2.51. The number of amides is 4. The van der Waals surface area contributed by atoms with E-state index in [9.17, 15) is 18.7 Å². The summed E-state index contributed by atoms with van der Waals surface area (Å²) in [6.07, 6.45) is -2.79. The molecular weight excluding hydrogens is 414 g/mol. The molecule has 0 heterocycles. The van der Waals surface area contributed by atoms with Crippen molar-refractivity contribution in [2.45, 2.75) is 53.6 Å². The van der Waals surface area contributed by atoms with E-state index in [1.54, 1.807) is 13.8 Å². The van der Waals surface area contributed by atoms with Gasteiger partial charge in [-0.05, 0) is 13.8 Å². The first-order valence-corrected chi connectivity index (χ1v) is 15.7. The first-order valence-electron chi connectivity index (χ1n) is 8.71. The first kappa shape index (κ1) is 25.7. The van der Waals surface area contributed by atoms with Gasteiger partial charge in [-0.3, -0.25) is 9.44 Å². The van der Waals surface area contributed by atoms with Gasteiger partial charge < -0.3 is 19.8 Å². The van der Waals surface area contributed by atoms with Crippen molar-refractivity contribution in [3.05, 3.63) is 0 Å². The maximum absolute atomic E-state index is 12.3. The molecule has 12 heteroatoms. The number of nitrogens with one attached hydrogen (secondary N) is 4. The van der Waals surface area contributed by atoms with Gasteiger partial charge in [0.05, 0.1) is 0 Å². The predicted octanol–water partition coefficient (Wildman–Crippen LogP) is 4.29. The average Bonchev–Trinajstić information content (AvgIpc) is 2.64. The second-order valence-electron chi connectivity index (χ2n) is 5.80. The van der Waals surface area contributed by atoms with E-state index in [1.807, 2.05) is 27.7 Å². The molecule has 0 fully saturated rings. The van der Waals surface area contributed by atoms with Crippen molar-refractivity contribution in [3.8, 4) is 0 Å². The highest BCUT2D eigenvalue weighted by atomic mass is 32.7. The van der Waals surface area contributed by atoms with Crippen LogP contribution in [0.15, 0.2) is 0 Å². The number of carbonyl (C=O) groups excluding carboxylic acids is 2. The molecule has 2 atom stereocenters. The molecule has 4 N–H and O–H groups in total. The summed E-state index contributed by atoms with van der Waals surface area (Å²) in [6, 6.07) is -1.60. The van der Waals surface area contributed by atoms with Crippen LogP contribution in [0.3, 0.4) is 0 Å². The molecule has 8 nitrogen and oxygen atoms in total. The monoisotopic (exact) mass is 446 g/mol. The minimum absolute atomic E-state index is 0.349. The summed E-state index contributed by atoms with van der Waals surface area (Å²) in [5, 5.41) is 5.41. The van der Waals surface area contributed by atoms with Crippen LogP contribution in [0.2, 0.25) is 0 Å². The molecule has 0 saturated carbocycles. The number of urea groups is 2. The zero-order valence-electron chi connectivity index (χ0n) is 16.3. The smallest absolute Gasteiger partial charge is 0.325 e. The molecule has 26 heavy (non-hydrogen) atoms. The van der Waals surface area contributed by atoms with E-state index in [0.717, 1.165) is 23.1 Å². The molecule has 0 aliphatic carbocycles. The molecule has 0 rings (SSSR count). The molecule has 2 unspecified atom stereocenters. The van der Waals surface area contributed by atoms with Crippen LogP contribution in [0.25, 0.3) is 0 Å². The van der Waals surface area contributed by atoms with Crippen molar-refractivity contribution in [1.82, 2.24) is 20.1 Å². The molecule has 0 bridgehead atoms. The van der Waals surface area contributed by atoms with Crippen LogP contribution in [0.4, 0.5) is 9.59 Å². The Morgan fingerprint density at radius 2 is 1.00 bits per heavy atom. The van der Waals surface area contributed by atoms with E-state index in [2.05, 4.69) is 20.1 Å². The lowest BCUT2D eigenvalue weighted by atomic mass is 10.2. The fourth-order valence-electron chi connectivity index (χ4n) is 1.68. The molecule has 0 aromatic heterocycles. The summed E-state index contributed by atoms with van der Waals surface area (Å²) in [4.78, 5) is 23.8. The molecule has 0 aromatic carbocycles. The number of rotatable bonds is 11. The second kappa shape index (κ2) is 12.2. The third-order valence-electron chi connectivity index (χ3n) is 4.00. The Morgan fingerprint density at radius 1 is 0.731 bits per heavy atom. The summed E-state index contributed by atoms with van der Waals surface area (Å²) >= 11 is 1.95. The van der Waals surface area contributed by atoms with E-state index in [0.29, 0.717) is 24.6 Å². The minimum Gasteiger partial charge on any atom is -0.333 e. The quantitative estimate of drug-likeness (QED) is 0.278. The predicted molar refractivity (Wildman–Crippen MR) is 115 cm³/mol. The molecule has 0 aromatic rings. The fraction of sp³-hybridized carbons (Fsp3) is 0.857. The van der Waals surface area contributed by atoms with Crippen LogP contribution in [-0.4, -0.2) is 48.8 Å². The van der Waals surface area contributed by atoms with Gasteiger partial charge in [0, 0.05) is 59.9 Å². The average molecular weight is 447 g/mol. The van der Waals surface area contributed by atoms with Gasteiger partial charge in [-0.1, -0.05) is 27.7 Å². The molecule has 154 valence electrons. The Bertz CT molecular complexity index is 501. The van der Waals surface area contributed by atoms with Gasteiger partial charge in [0.25, 0.3) is 0 Å². The molecular formula is C14H32N4O4P2S2. The van der Waals surface area contributed by atoms with Crippen molar-refractivity contribution in [2.75, 3.05) is 24.6 Å². The Labute approximate surface area is 165 Å². The second-order valence-corrected chi connectivity index (χ2v) is 17.5. The topological polar surface area (TPSA) is 116 Å². The largest absolute Gasteiger partial charge is 0.333 e. The van der Waals surface area contributed by atoms with Crippen LogP contribution in [0.5, 0.6) is 0 Å². The third-order valence-corrected chi connectivity index (χ3v) is 14.7. The Morgan fingerprint density at radius 3 is 1.23 bits per heavy atom. The maximum Gasteiger partial charge on any atom is 0.325 e. The number of hydrogen-bond donors (Lipinski definition) is 4. The zero-order valence-corrected chi connectivity index (χ0v) is 19.7. The van der Waals surface area contributed by atoms with Crippen LogP contribution in [0.1, 0.15) is 41.5 Å². The van der Waals surface area contributed by atoms with Crippen molar-refractivity contribution >= 4 is 47.9 Å². The van der Waals surface area contributed by atoms with Crippen molar-refractivity contribution in [1.29, 1.82) is 0 Å². The summed E-state index contributed by atoms with van der Waals surface area (Å²) < 4.78 is 29.6. The van der Waals surface area contributed by atoms with Crippen LogP contribution >= 0.6 is 35.8 Å². The van der Waals surface area contributed by atoms with E-state index >= 15 is 0 Å². The molecule has 0 saturated heterocycles. The molecule has 0 aliphatic rings. The van der Waals surface area contributed by atoms with Gasteiger partial charge in [-0.2, -0.15) is 0 Å². The van der Waals surface area contributed by atoms with Gasteiger partial charge in [-0.25, -0.2) is 9.59 Å². The first-order chi connectivity index (χ1) is 12.0. The van der Waals surface area contributed by atoms with Gasteiger partial charge >= 0.3 is 12.1 Å². The Kier molecular flexibility index (Phi) is 12.1. The molecule has 0 radical (unpaired) electrons. The number of carbonyl (C=O) groups is 2. The standard InChI is InChI=1S/C14H32N4O4P2S2/c1-7-23(21,8-2)25-17-13(19)15-11(5)12(6)16-14(20)18-26-24(22,9-3)10-4/h11-12H,7-10H2,1-6H3,(H2,15,17,19)(H2,16,18,20). The third kappa shape index (κ3) is 9.58. The minimum atomic E-state index is -2.42. The van der Waals surface area contributed by atoms with Crippen LogP contribution in [0, 0.1) is 0 Å². The summed E-state index contributed by atoms with van der Waals surface area (Å²) in [6.45, 7) is 10.8. The SMILES string of the molecule is CCP(=O)(CC)SNC(=O)NC(C)C(C)NC(=O)NSP(=O)(CC)CC. The molecule has 4 amide bonds. The normalized spacial score (nSPS) is 14.2. The Hall–Kier alpha value is -0.300. The summed E-state index contributed by atoms with van der Waals surface area (Å²) in [5.41, 5.74) is 0. The van der Waals surface area contributed by atoms with Crippen LogP contribution < -0.4 is 20.1 Å². The highest BCUT2D eigenvalue weighted by molar-refractivity contribution is 8.57. The van der Waals surface area contributed by atoms with Gasteiger partial charge in [-0.15, -0.1) is 0 Å². The highest BCUT2D eigenvalue weighted by Gasteiger charge is 2.23. The van der Waals surface area contributed by atoms with E-state index in [1.165, 1.54) is 0 Å². The van der Waals surface area contributed by atoms with E-state index < -0.39 is 24.7 Å². The fourth-order valence-corrected chi connectivity index (χ4v) is 6.75. The summed E-state index contributed by atoms with van der Waals surface area (Å²) in [7, 11) is 0.